The average molecular weight is 233 g/mol. The lowest BCUT2D eigenvalue weighted by atomic mass is 10.2. The van der Waals surface area contributed by atoms with Crippen LogP contribution in [0.2, 0.25) is 0 Å². The number of nitrogens with zero attached hydrogens (tertiary/aromatic N) is 1. The number of aryl methyl sites for hydroxylation is 1. The Hall–Kier alpha value is -2.33. The first kappa shape index (κ1) is 12.1. The van der Waals surface area contributed by atoms with E-state index in [0.29, 0.717) is 6.54 Å². The minimum absolute atomic E-state index is 0.531. The van der Waals surface area contributed by atoms with Crippen molar-refractivity contribution < 1.29 is 0 Å². The van der Waals surface area contributed by atoms with Crippen LogP contribution < -0.4 is 0 Å². The van der Waals surface area contributed by atoms with E-state index < -0.39 is 0 Å². The molecule has 0 aliphatic rings. The zero-order valence-corrected chi connectivity index (χ0v) is 10.4. The summed E-state index contributed by atoms with van der Waals surface area (Å²) in [6.45, 7) is 2.60. The van der Waals surface area contributed by atoms with Crippen molar-refractivity contribution in [3.63, 3.8) is 0 Å². The van der Waals surface area contributed by atoms with Crippen molar-refractivity contribution >= 4 is 6.21 Å². The van der Waals surface area contributed by atoms with Crippen LogP contribution in [-0.2, 0) is 0 Å². The molecule has 2 rings (SSSR count). The summed E-state index contributed by atoms with van der Waals surface area (Å²) in [4.78, 5) is 4.28. The first-order chi connectivity index (χ1) is 8.84. The molecule has 0 saturated heterocycles. The highest BCUT2D eigenvalue weighted by Crippen LogP contribution is 2.00. The monoisotopic (exact) mass is 233 g/mol. The molecule has 0 N–H and O–H groups in total. The first-order valence-electron chi connectivity index (χ1n) is 5.95. The Morgan fingerprint density at radius 2 is 1.72 bits per heavy atom. The molecule has 0 aromatic heterocycles. The molecule has 0 bridgehead atoms. The molecule has 0 heterocycles. The van der Waals surface area contributed by atoms with E-state index >= 15 is 0 Å². The van der Waals surface area contributed by atoms with Crippen LogP contribution in [0.4, 0.5) is 0 Å². The molecule has 2 aromatic carbocycles. The average Bonchev–Trinajstić information content (AvgIpc) is 2.42. The number of benzene rings is 2. The third kappa shape index (κ3) is 3.92. The van der Waals surface area contributed by atoms with Gasteiger partial charge in [0.05, 0.1) is 0 Å². The van der Waals surface area contributed by atoms with Crippen molar-refractivity contribution in [1.29, 1.82) is 0 Å². The van der Waals surface area contributed by atoms with E-state index in [1.165, 1.54) is 5.56 Å². The van der Waals surface area contributed by atoms with Crippen molar-refractivity contribution in [3.8, 4) is 11.8 Å². The largest absolute Gasteiger partial charge is 0.280 e. The molecule has 0 aliphatic heterocycles. The molecule has 1 heteroatoms. The van der Waals surface area contributed by atoms with Gasteiger partial charge in [-0.2, -0.15) is 0 Å². The van der Waals surface area contributed by atoms with Crippen LogP contribution in [0.15, 0.2) is 59.6 Å². The van der Waals surface area contributed by atoms with Gasteiger partial charge >= 0.3 is 0 Å². The van der Waals surface area contributed by atoms with Crippen LogP contribution in [0.3, 0.4) is 0 Å². The van der Waals surface area contributed by atoms with Gasteiger partial charge in [0.25, 0.3) is 0 Å². The predicted molar refractivity (Wildman–Crippen MR) is 77.0 cm³/mol. The molecule has 0 radical (unpaired) electrons. The molecule has 0 saturated carbocycles. The van der Waals surface area contributed by atoms with E-state index in [1.54, 1.807) is 0 Å². The van der Waals surface area contributed by atoms with Crippen molar-refractivity contribution in [2.24, 2.45) is 4.99 Å². The number of hydrogen-bond donors (Lipinski definition) is 0. The lowest BCUT2D eigenvalue weighted by Crippen LogP contribution is -1.81. The molecule has 0 unspecified atom stereocenters. The van der Waals surface area contributed by atoms with Crippen molar-refractivity contribution in [2.75, 3.05) is 6.54 Å². The lowest BCUT2D eigenvalue weighted by Gasteiger charge is -1.91. The van der Waals surface area contributed by atoms with Gasteiger partial charge in [0.15, 0.2) is 0 Å². The Labute approximate surface area is 108 Å². The number of hydrogen-bond acceptors (Lipinski definition) is 1. The minimum Gasteiger partial charge on any atom is -0.280 e. The van der Waals surface area contributed by atoms with Gasteiger partial charge in [-0.15, -0.1) is 0 Å². The topological polar surface area (TPSA) is 12.4 Å². The quantitative estimate of drug-likeness (QED) is 0.556. The van der Waals surface area contributed by atoms with Crippen LogP contribution >= 0.6 is 0 Å². The minimum atomic E-state index is 0.531. The Morgan fingerprint density at radius 1 is 1.00 bits per heavy atom. The number of aliphatic imine (C=N–C) groups is 1. The van der Waals surface area contributed by atoms with E-state index in [1.807, 2.05) is 48.7 Å². The van der Waals surface area contributed by atoms with Crippen molar-refractivity contribution in [2.45, 2.75) is 6.92 Å². The maximum atomic E-state index is 4.28. The summed E-state index contributed by atoms with van der Waals surface area (Å²) in [5, 5.41) is 0. The highest BCUT2D eigenvalue weighted by atomic mass is 14.7. The van der Waals surface area contributed by atoms with E-state index in [4.69, 9.17) is 0 Å². The predicted octanol–water partition coefficient (Wildman–Crippen LogP) is 3.47. The molecular formula is C17H15N. The smallest absolute Gasteiger partial charge is 0.100 e. The Bertz CT molecular complexity index is 569. The lowest BCUT2D eigenvalue weighted by molar-refractivity contribution is 1.30. The summed E-state index contributed by atoms with van der Waals surface area (Å²) >= 11 is 0. The Morgan fingerprint density at radius 3 is 2.44 bits per heavy atom. The van der Waals surface area contributed by atoms with E-state index in [2.05, 4.69) is 35.9 Å². The summed E-state index contributed by atoms with van der Waals surface area (Å²) in [6, 6.07) is 18.2. The van der Waals surface area contributed by atoms with Crippen LogP contribution in [0.5, 0.6) is 0 Å². The SMILES string of the molecule is Cc1ccc(C#CCN=Cc2ccccc2)cc1. The Balaban J connectivity index is 1.89. The molecule has 0 spiro atoms. The summed E-state index contributed by atoms with van der Waals surface area (Å²) in [6.07, 6.45) is 1.85. The van der Waals surface area contributed by atoms with Crippen LogP contribution in [0.25, 0.3) is 0 Å². The van der Waals surface area contributed by atoms with Crippen LogP contribution in [-0.4, -0.2) is 12.8 Å². The summed E-state index contributed by atoms with van der Waals surface area (Å²) in [5.41, 5.74) is 3.40. The van der Waals surface area contributed by atoms with Gasteiger partial charge in [0, 0.05) is 11.8 Å². The molecule has 0 amide bonds. The maximum absolute atomic E-state index is 4.28. The van der Waals surface area contributed by atoms with E-state index in [-0.39, 0.29) is 0 Å². The van der Waals surface area contributed by atoms with Gasteiger partial charge in [0.2, 0.25) is 0 Å². The second-order valence-corrected chi connectivity index (χ2v) is 4.05. The fourth-order valence-electron chi connectivity index (χ4n) is 1.51. The standard InChI is InChI=1S/C17H15N/c1-15-9-11-16(12-10-15)8-5-13-18-14-17-6-3-2-4-7-17/h2-4,6-7,9-12,14H,13H2,1H3. The second-order valence-electron chi connectivity index (χ2n) is 4.05. The normalized spacial score (nSPS) is 10.1. The van der Waals surface area contributed by atoms with E-state index in [9.17, 15) is 0 Å². The third-order valence-electron chi connectivity index (χ3n) is 2.49. The van der Waals surface area contributed by atoms with Gasteiger partial charge in [-0.1, -0.05) is 59.9 Å². The molecule has 1 nitrogen and oxygen atoms in total. The zero-order valence-electron chi connectivity index (χ0n) is 10.4. The van der Waals surface area contributed by atoms with E-state index in [0.717, 1.165) is 11.1 Å². The summed E-state index contributed by atoms with van der Waals surface area (Å²) < 4.78 is 0. The molecule has 0 fully saturated rings. The van der Waals surface area contributed by atoms with Gasteiger partial charge < -0.3 is 0 Å². The Kier molecular flexibility index (Phi) is 4.33. The molecule has 88 valence electrons. The van der Waals surface area contributed by atoms with Gasteiger partial charge in [0.1, 0.15) is 6.54 Å². The molecular weight excluding hydrogens is 218 g/mol. The van der Waals surface area contributed by atoms with Crippen molar-refractivity contribution in [1.82, 2.24) is 0 Å². The second kappa shape index (κ2) is 6.42. The van der Waals surface area contributed by atoms with Gasteiger partial charge in [-0.05, 0) is 24.6 Å². The third-order valence-corrected chi connectivity index (χ3v) is 2.49. The maximum Gasteiger partial charge on any atom is 0.100 e. The highest BCUT2D eigenvalue weighted by molar-refractivity contribution is 5.79. The van der Waals surface area contributed by atoms with Gasteiger partial charge in [-0.3, -0.25) is 4.99 Å². The molecule has 18 heavy (non-hydrogen) atoms. The molecule has 0 aliphatic carbocycles. The fraction of sp³-hybridized carbons (Fsp3) is 0.118. The van der Waals surface area contributed by atoms with Gasteiger partial charge in [-0.25, -0.2) is 0 Å². The van der Waals surface area contributed by atoms with Crippen LogP contribution in [0, 0.1) is 18.8 Å². The number of rotatable bonds is 2. The summed E-state index contributed by atoms with van der Waals surface area (Å²) in [5.74, 6) is 6.14. The summed E-state index contributed by atoms with van der Waals surface area (Å²) in [7, 11) is 0. The first-order valence-corrected chi connectivity index (χ1v) is 5.95. The fourth-order valence-corrected chi connectivity index (χ4v) is 1.51. The molecule has 2 aromatic rings. The zero-order chi connectivity index (χ0) is 12.6. The highest BCUT2D eigenvalue weighted by Gasteiger charge is 1.85. The van der Waals surface area contributed by atoms with Crippen LogP contribution in [0.1, 0.15) is 16.7 Å². The van der Waals surface area contributed by atoms with Crippen molar-refractivity contribution in [3.05, 3.63) is 71.3 Å². The molecule has 0 atom stereocenters.